The molecule has 140 valence electrons. The molecule has 1 atom stereocenters. The smallest absolute Gasteiger partial charge is 0.243 e. The van der Waals surface area contributed by atoms with Gasteiger partial charge in [0.2, 0.25) is 15.9 Å². The molecule has 8 heteroatoms. The quantitative estimate of drug-likeness (QED) is 0.781. The van der Waals surface area contributed by atoms with Gasteiger partial charge in [-0.1, -0.05) is 47.0 Å². The van der Waals surface area contributed by atoms with E-state index in [1.54, 1.807) is 37.3 Å². The molecule has 2 rings (SSSR count). The summed E-state index contributed by atoms with van der Waals surface area (Å²) in [6, 6.07) is 11.1. The van der Waals surface area contributed by atoms with Crippen LogP contribution in [0.15, 0.2) is 47.4 Å². The van der Waals surface area contributed by atoms with E-state index in [1.165, 1.54) is 19.2 Å². The number of carbonyl (C=O) groups excluding carboxylic acids is 1. The second-order valence-electron chi connectivity index (χ2n) is 6.03. The van der Waals surface area contributed by atoms with Crippen molar-refractivity contribution in [2.75, 3.05) is 13.6 Å². The molecule has 2 aromatic carbocycles. The van der Waals surface area contributed by atoms with Gasteiger partial charge in [-0.2, -0.15) is 4.31 Å². The Kier molecular flexibility index (Phi) is 6.69. The maximum atomic E-state index is 12.5. The minimum Gasteiger partial charge on any atom is -0.348 e. The van der Waals surface area contributed by atoms with Gasteiger partial charge in [-0.25, -0.2) is 8.42 Å². The highest BCUT2D eigenvalue weighted by atomic mass is 35.5. The Hall–Kier alpha value is -1.60. The average Bonchev–Trinajstić information content (AvgIpc) is 2.54. The maximum Gasteiger partial charge on any atom is 0.243 e. The molecule has 1 amide bonds. The van der Waals surface area contributed by atoms with Crippen LogP contribution in [0.3, 0.4) is 0 Å². The molecule has 0 spiro atoms. The number of benzene rings is 2. The van der Waals surface area contributed by atoms with Crippen LogP contribution in [-0.4, -0.2) is 32.2 Å². The van der Waals surface area contributed by atoms with Crippen LogP contribution in [0.25, 0.3) is 0 Å². The maximum absolute atomic E-state index is 12.5. The average molecular weight is 415 g/mol. The molecule has 26 heavy (non-hydrogen) atoms. The minimum atomic E-state index is -3.74. The molecular weight excluding hydrogens is 395 g/mol. The molecule has 0 saturated carbocycles. The first-order valence-electron chi connectivity index (χ1n) is 7.88. The molecule has 0 aliphatic carbocycles. The van der Waals surface area contributed by atoms with E-state index in [2.05, 4.69) is 5.32 Å². The van der Waals surface area contributed by atoms with Gasteiger partial charge >= 0.3 is 0 Å². The fraction of sp³-hybridized carbons (Fsp3) is 0.278. The van der Waals surface area contributed by atoms with Gasteiger partial charge in [-0.15, -0.1) is 0 Å². The number of halogens is 2. The van der Waals surface area contributed by atoms with Crippen molar-refractivity contribution in [2.45, 2.75) is 24.8 Å². The van der Waals surface area contributed by atoms with Crippen LogP contribution in [0.1, 0.15) is 24.1 Å². The Morgan fingerprint density at radius 2 is 1.77 bits per heavy atom. The number of hydrogen-bond donors (Lipinski definition) is 1. The van der Waals surface area contributed by atoms with E-state index in [0.29, 0.717) is 15.6 Å². The number of aryl methyl sites for hydroxylation is 1. The van der Waals surface area contributed by atoms with Crippen molar-refractivity contribution in [1.29, 1.82) is 0 Å². The molecule has 0 saturated heterocycles. The van der Waals surface area contributed by atoms with Crippen molar-refractivity contribution in [1.82, 2.24) is 9.62 Å². The number of sulfonamides is 1. The van der Waals surface area contributed by atoms with Crippen LogP contribution in [0.5, 0.6) is 0 Å². The molecule has 2 aromatic rings. The van der Waals surface area contributed by atoms with Crippen molar-refractivity contribution in [3.63, 3.8) is 0 Å². The highest BCUT2D eigenvalue weighted by Gasteiger charge is 2.23. The Balaban J connectivity index is 2.05. The van der Waals surface area contributed by atoms with Gasteiger partial charge in [-0.3, -0.25) is 4.79 Å². The largest absolute Gasteiger partial charge is 0.348 e. The van der Waals surface area contributed by atoms with E-state index in [4.69, 9.17) is 23.2 Å². The summed E-state index contributed by atoms with van der Waals surface area (Å²) in [6.45, 7) is 3.34. The Bertz CT molecular complexity index is 899. The van der Waals surface area contributed by atoms with E-state index in [9.17, 15) is 13.2 Å². The molecule has 0 bridgehead atoms. The third kappa shape index (κ3) is 4.98. The number of carbonyl (C=O) groups is 1. The van der Waals surface area contributed by atoms with Gasteiger partial charge in [0.1, 0.15) is 0 Å². The van der Waals surface area contributed by atoms with Gasteiger partial charge in [-0.05, 0) is 43.7 Å². The highest BCUT2D eigenvalue weighted by Crippen LogP contribution is 2.26. The molecule has 5 nitrogen and oxygen atoms in total. The number of likely N-dealkylation sites (N-methyl/N-ethyl adjacent to an activating group) is 1. The standard InChI is InChI=1S/C18H20Cl2N2O3S/c1-12-4-7-15(8-5-12)26(24,25)22(3)11-18(23)21-13(2)16-9-6-14(19)10-17(16)20/h4-10,13H,11H2,1-3H3,(H,21,23). The monoisotopic (exact) mass is 414 g/mol. The van der Waals surface area contributed by atoms with Gasteiger partial charge in [0.25, 0.3) is 0 Å². The fourth-order valence-electron chi connectivity index (χ4n) is 2.39. The molecule has 0 aliphatic heterocycles. The van der Waals surface area contributed by atoms with Crippen molar-refractivity contribution < 1.29 is 13.2 Å². The summed E-state index contributed by atoms with van der Waals surface area (Å²) in [5.74, 6) is -0.429. The molecule has 0 heterocycles. The van der Waals surface area contributed by atoms with E-state index >= 15 is 0 Å². The van der Waals surface area contributed by atoms with Crippen LogP contribution in [0.4, 0.5) is 0 Å². The first kappa shape index (κ1) is 20.7. The number of amides is 1. The van der Waals surface area contributed by atoms with Gasteiger partial charge < -0.3 is 5.32 Å². The van der Waals surface area contributed by atoms with Crippen LogP contribution in [0, 0.1) is 6.92 Å². The van der Waals surface area contributed by atoms with Crippen LogP contribution in [0.2, 0.25) is 10.0 Å². The zero-order chi connectivity index (χ0) is 19.5. The van der Waals surface area contributed by atoms with Gasteiger partial charge in [0.05, 0.1) is 17.5 Å². The lowest BCUT2D eigenvalue weighted by molar-refractivity contribution is -0.121. The molecule has 0 radical (unpaired) electrons. The first-order valence-corrected chi connectivity index (χ1v) is 10.1. The number of rotatable bonds is 6. The predicted octanol–water partition coefficient (Wildman–Crippen LogP) is 3.80. The van der Waals surface area contributed by atoms with Crippen LogP contribution >= 0.6 is 23.2 Å². The summed E-state index contributed by atoms with van der Waals surface area (Å²) in [4.78, 5) is 12.4. The molecule has 0 aromatic heterocycles. The summed E-state index contributed by atoms with van der Waals surface area (Å²) in [6.07, 6.45) is 0. The lowest BCUT2D eigenvalue weighted by Gasteiger charge is -2.20. The lowest BCUT2D eigenvalue weighted by Crippen LogP contribution is -2.39. The minimum absolute atomic E-state index is 0.146. The Morgan fingerprint density at radius 3 is 2.35 bits per heavy atom. The van der Waals surface area contributed by atoms with Crippen molar-refractivity contribution in [3.8, 4) is 0 Å². The fourth-order valence-corrected chi connectivity index (χ4v) is 4.09. The molecular formula is C18H20Cl2N2O3S. The van der Waals surface area contributed by atoms with Gasteiger partial charge in [0.15, 0.2) is 0 Å². The molecule has 0 aliphatic rings. The zero-order valence-electron chi connectivity index (χ0n) is 14.7. The predicted molar refractivity (Wildman–Crippen MR) is 104 cm³/mol. The lowest BCUT2D eigenvalue weighted by atomic mass is 10.1. The van der Waals surface area contributed by atoms with E-state index in [-0.39, 0.29) is 17.5 Å². The zero-order valence-corrected chi connectivity index (χ0v) is 17.0. The summed E-state index contributed by atoms with van der Waals surface area (Å²) in [7, 11) is -2.37. The summed E-state index contributed by atoms with van der Waals surface area (Å²) >= 11 is 12.0. The first-order chi connectivity index (χ1) is 12.1. The van der Waals surface area contributed by atoms with E-state index in [0.717, 1.165) is 9.87 Å². The second kappa shape index (κ2) is 8.39. The third-order valence-electron chi connectivity index (χ3n) is 3.90. The Morgan fingerprint density at radius 1 is 1.15 bits per heavy atom. The normalized spacial score (nSPS) is 12.8. The van der Waals surface area contributed by atoms with Crippen molar-refractivity contribution in [3.05, 3.63) is 63.6 Å². The SMILES string of the molecule is Cc1ccc(S(=O)(=O)N(C)CC(=O)NC(C)c2ccc(Cl)cc2Cl)cc1. The Labute approximate surface area is 164 Å². The van der Waals surface area contributed by atoms with Crippen LogP contribution < -0.4 is 5.32 Å². The van der Waals surface area contributed by atoms with Crippen molar-refractivity contribution in [2.24, 2.45) is 0 Å². The summed E-state index contributed by atoms with van der Waals surface area (Å²) in [5.41, 5.74) is 1.66. The topological polar surface area (TPSA) is 66.5 Å². The van der Waals surface area contributed by atoms with Crippen LogP contribution in [-0.2, 0) is 14.8 Å². The number of nitrogens with one attached hydrogen (secondary N) is 1. The van der Waals surface area contributed by atoms with E-state index in [1.807, 2.05) is 6.92 Å². The van der Waals surface area contributed by atoms with Gasteiger partial charge in [0, 0.05) is 17.1 Å². The molecule has 0 fully saturated rings. The summed E-state index contributed by atoms with van der Waals surface area (Å²) < 4.78 is 26.1. The number of hydrogen-bond acceptors (Lipinski definition) is 3. The molecule has 1 unspecified atom stereocenters. The molecule has 1 N–H and O–H groups in total. The highest BCUT2D eigenvalue weighted by molar-refractivity contribution is 7.89. The third-order valence-corrected chi connectivity index (χ3v) is 6.28. The van der Waals surface area contributed by atoms with E-state index < -0.39 is 15.9 Å². The van der Waals surface area contributed by atoms with Crippen molar-refractivity contribution >= 4 is 39.1 Å². The number of nitrogens with zero attached hydrogens (tertiary/aromatic N) is 1. The summed E-state index contributed by atoms with van der Waals surface area (Å²) in [5, 5.41) is 3.68. The second-order valence-corrected chi connectivity index (χ2v) is 8.92.